The lowest BCUT2D eigenvalue weighted by Gasteiger charge is -2.37. The highest BCUT2D eigenvalue weighted by Gasteiger charge is 2.38. The average molecular weight is 472 g/mol. The molecule has 1 atom stereocenters. The number of anilines is 1. The summed E-state index contributed by atoms with van der Waals surface area (Å²) in [6.45, 7) is 10.3. The van der Waals surface area contributed by atoms with E-state index >= 15 is 0 Å². The maximum Gasteiger partial charge on any atom is 0.490 e. The number of likely N-dealkylation sites (tertiary alicyclic amines) is 1. The number of hydrogen-bond donors (Lipinski definition) is 1. The number of piperidine rings is 1. The summed E-state index contributed by atoms with van der Waals surface area (Å²) in [5.41, 5.74) is 1.87. The van der Waals surface area contributed by atoms with Gasteiger partial charge in [-0.3, -0.25) is 9.59 Å². The third-order valence-electron chi connectivity index (χ3n) is 5.90. The molecule has 0 bridgehead atoms. The number of piperazine rings is 1. The van der Waals surface area contributed by atoms with Crippen molar-refractivity contribution in [2.24, 2.45) is 5.92 Å². The van der Waals surface area contributed by atoms with Gasteiger partial charge in [0.25, 0.3) is 0 Å². The van der Waals surface area contributed by atoms with Crippen LogP contribution in [0.4, 0.5) is 18.9 Å². The van der Waals surface area contributed by atoms with Gasteiger partial charge >= 0.3 is 12.1 Å². The maximum atomic E-state index is 12.5. The Kier molecular flexibility index (Phi) is 9.70. The molecule has 0 saturated carbocycles. The Bertz CT molecular complexity index is 806. The van der Waals surface area contributed by atoms with E-state index in [0.717, 1.165) is 63.0 Å². The minimum absolute atomic E-state index is 0.0927. The van der Waals surface area contributed by atoms with Gasteiger partial charge in [0.15, 0.2) is 5.78 Å². The van der Waals surface area contributed by atoms with Gasteiger partial charge in [-0.1, -0.05) is 6.92 Å². The molecule has 1 aromatic rings. The molecule has 0 radical (unpaired) electrons. The summed E-state index contributed by atoms with van der Waals surface area (Å²) >= 11 is 0. The van der Waals surface area contributed by atoms with Crippen molar-refractivity contribution in [3.63, 3.8) is 0 Å². The smallest absolute Gasteiger partial charge is 0.475 e. The molecule has 1 unspecified atom stereocenters. The number of carbonyl (C=O) groups excluding carboxylic acids is 2. The zero-order chi connectivity index (χ0) is 24.6. The fourth-order valence-electron chi connectivity index (χ4n) is 4.02. The maximum absolute atomic E-state index is 12.5. The van der Waals surface area contributed by atoms with Crippen LogP contribution < -0.4 is 4.90 Å². The standard InChI is InChI=1S/C21H31N3O2.C2HF3O2/c1-17-4-3-10-22(16-17)11-9-21(26)24-14-12-23(13-15-24)20-7-5-19(6-8-20)18(2)25;3-2(4,5)1(6)7/h5-8,17H,3-4,9-16H2,1-2H3;(H,6,7). The molecule has 2 saturated heterocycles. The van der Waals surface area contributed by atoms with Gasteiger partial charge in [0.05, 0.1) is 0 Å². The summed E-state index contributed by atoms with van der Waals surface area (Å²) in [6, 6.07) is 7.78. The van der Waals surface area contributed by atoms with Crippen LogP contribution in [0.1, 0.15) is 43.5 Å². The Morgan fingerprint density at radius 2 is 1.61 bits per heavy atom. The first-order valence-corrected chi connectivity index (χ1v) is 11.1. The number of rotatable bonds is 5. The third-order valence-corrected chi connectivity index (χ3v) is 5.90. The monoisotopic (exact) mass is 471 g/mol. The minimum Gasteiger partial charge on any atom is -0.475 e. The lowest BCUT2D eigenvalue weighted by Crippen LogP contribution is -2.49. The van der Waals surface area contributed by atoms with E-state index in [0.29, 0.717) is 6.42 Å². The number of hydrogen-bond acceptors (Lipinski definition) is 5. The molecule has 2 aliphatic rings. The van der Waals surface area contributed by atoms with Crippen LogP contribution in [0.3, 0.4) is 0 Å². The number of nitrogens with zero attached hydrogens (tertiary/aromatic N) is 3. The fourth-order valence-corrected chi connectivity index (χ4v) is 4.02. The lowest BCUT2D eigenvalue weighted by molar-refractivity contribution is -0.192. The topological polar surface area (TPSA) is 81.2 Å². The number of amides is 1. The van der Waals surface area contributed by atoms with Crippen LogP contribution in [-0.2, 0) is 9.59 Å². The predicted octanol–water partition coefficient (Wildman–Crippen LogP) is 3.29. The molecule has 0 aromatic heterocycles. The molecule has 2 fully saturated rings. The normalized spacial score (nSPS) is 19.5. The van der Waals surface area contributed by atoms with E-state index in [1.54, 1.807) is 6.92 Å². The number of Topliss-reactive ketones (excluding diaryl/α,β-unsaturated/α-hetero) is 1. The highest BCUT2D eigenvalue weighted by Crippen LogP contribution is 2.19. The van der Waals surface area contributed by atoms with Crippen molar-refractivity contribution in [1.29, 1.82) is 0 Å². The first-order chi connectivity index (χ1) is 15.5. The second-order valence-electron chi connectivity index (χ2n) is 8.57. The molecule has 10 heteroatoms. The highest BCUT2D eigenvalue weighted by atomic mass is 19.4. The van der Waals surface area contributed by atoms with Gasteiger partial charge in [0.2, 0.25) is 5.91 Å². The number of carboxylic acids is 1. The largest absolute Gasteiger partial charge is 0.490 e. The first kappa shape index (κ1) is 26.6. The van der Waals surface area contributed by atoms with Crippen molar-refractivity contribution in [2.75, 3.05) is 50.7 Å². The molecular formula is C23H32F3N3O4. The van der Waals surface area contributed by atoms with Crippen LogP contribution in [0.5, 0.6) is 0 Å². The Labute approximate surface area is 192 Å². The number of carboxylic acid groups (broad SMARTS) is 1. The number of aliphatic carboxylic acids is 1. The molecule has 184 valence electrons. The molecule has 0 aliphatic carbocycles. The zero-order valence-electron chi connectivity index (χ0n) is 19.1. The van der Waals surface area contributed by atoms with Crippen LogP contribution >= 0.6 is 0 Å². The second-order valence-corrected chi connectivity index (χ2v) is 8.57. The Morgan fingerprint density at radius 1 is 1.03 bits per heavy atom. The van der Waals surface area contributed by atoms with Gasteiger partial charge in [0, 0.05) is 56.9 Å². The number of ketones is 1. The molecule has 1 amide bonds. The van der Waals surface area contributed by atoms with E-state index in [9.17, 15) is 22.8 Å². The van der Waals surface area contributed by atoms with Gasteiger partial charge in [-0.05, 0) is 56.5 Å². The van der Waals surface area contributed by atoms with Gasteiger partial charge < -0.3 is 19.8 Å². The third kappa shape index (κ3) is 8.68. The van der Waals surface area contributed by atoms with Crippen molar-refractivity contribution in [1.82, 2.24) is 9.80 Å². The molecule has 7 nitrogen and oxygen atoms in total. The van der Waals surface area contributed by atoms with Crippen LogP contribution in [0, 0.1) is 5.92 Å². The Balaban J connectivity index is 0.000000479. The molecule has 2 heterocycles. The first-order valence-electron chi connectivity index (χ1n) is 11.1. The molecular weight excluding hydrogens is 439 g/mol. The summed E-state index contributed by atoms with van der Waals surface area (Å²) in [5, 5.41) is 7.12. The second kappa shape index (κ2) is 12.0. The Hall–Kier alpha value is -2.62. The number of carbonyl (C=O) groups is 3. The molecule has 1 aromatic carbocycles. The number of benzene rings is 1. The van der Waals surface area contributed by atoms with Crippen LogP contribution in [0.25, 0.3) is 0 Å². The van der Waals surface area contributed by atoms with E-state index in [1.165, 1.54) is 12.8 Å². The number of halogens is 3. The summed E-state index contributed by atoms with van der Waals surface area (Å²) in [5.74, 6) is -1.62. The van der Waals surface area contributed by atoms with E-state index in [1.807, 2.05) is 29.2 Å². The van der Waals surface area contributed by atoms with Gasteiger partial charge in [-0.2, -0.15) is 13.2 Å². The van der Waals surface area contributed by atoms with E-state index in [-0.39, 0.29) is 11.7 Å². The van der Waals surface area contributed by atoms with Crippen molar-refractivity contribution >= 4 is 23.3 Å². The van der Waals surface area contributed by atoms with Crippen molar-refractivity contribution in [3.8, 4) is 0 Å². The lowest BCUT2D eigenvalue weighted by atomic mass is 10.0. The molecule has 2 aliphatic heterocycles. The molecule has 3 rings (SSSR count). The van der Waals surface area contributed by atoms with Gasteiger partial charge in [-0.25, -0.2) is 4.79 Å². The fraction of sp³-hybridized carbons (Fsp3) is 0.609. The Morgan fingerprint density at radius 3 is 2.09 bits per heavy atom. The van der Waals surface area contributed by atoms with Crippen LogP contribution in [-0.4, -0.2) is 84.6 Å². The highest BCUT2D eigenvalue weighted by molar-refractivity contribution is 5.94. The van der Waals surface area contributed by atoms with E-state index in [2.05, 4.69) is 16.7 Å². The summed E-state index contributed by atoms with van der Waals surface area (Å²) in [4.78, 5) is 39.6. The average Bonchev–Trinajstić information content (AvgIpc) is 2.77. The predicted molar refractivity (Wildman–Crippen MR) is 118 cm³/mol. The summed E-state index contributed by atoms with van der Waals surface area (Å²) in [7, 11) is 0. The van der Waals surface area contributed by atoms with Crippen molar-refractivity contribution < 1.29 is 32.7 Å². The SMILES string of the molecule is CC(=O)c1ccc(N2CCN(C(=O)CCN3CCCC(C)C3)CC2)cc1.O=C(O)C(F)(F)F. The van der Waals surface area contributed by atoms with Gasteiger partial charge in [0.1, 0.15) is 0 Å². The van der Waals surface area contributed by atoms with Crippen molar-refractivity contribution in [3.05, 3.63) is 29.8 Å². The van der Waals surface area contributed by atoms with Crippen LogP contribution in [0.2, 0.25) is 0 Å². The molecule has 0 spiro atoms. The molecule has 1 N–H and O–H groups in total. The van der Waals surface area contributed by atoms with Crippen molar-refractivity contribution in [2.45, 2.75) is 39.3 Å². The molecule has 33 heavy (non-hydrogen) atoms. The zero-order valence-corrected chi connectivity index (χ0v) is 19.1. The van der Waals surface area contributed by atoms with E-state index in [4.69, 9.17) is 9.90 Å². The number of alkyl halides is 3. The quantitative estimate of drug-likeness (QED) is 0.664. The summed E-state index contributed by atoms with van der Waals surface area (Å²) < 4.78 is 31.7. The van der Waals surface area contributed by atoms with Crippen LogP contribution in [0.15, 0.2) is 24.3 Å². The van der Waals surface area contributed by atoms with Gasteiger partial charge in [-0.15, -0.1) is 0 Å². The summed E-state index contributed by atoms with van der Waals surface area (Å²) in [6.07, 6.45) is -1.86. The van der Waals surface area contributed by atoms with E-state index < -0.39 is 12.1 Å². The minimum atomic E-state index is -5.08.